The third kappa shape index (κ3) is 8.84. The van der Waals surface area contributed by atoms with Crippen LogP contribution in [0.5, 0.6) is 5.75 Å². The Kier molecular flexibility index (Phi) is 12.4. The van der Waals surface area contributed by atoms with Gasteiger partial charge < -0.3 is 30.7 Å². The lowest BCUT2D eigenvalue weighted by Gasteiger charge is -2.29. The second-order valence-electron chi connectivity index (χ2n) is 11.7. The number of amides is 5. The predicted molar refractivity (Wildman–Crippen MR) is 169 cm³/mol. The van der Waals surface area contributed by atoms with E-state index >= 15 is 0 Å². The maximum absolute atomic E-state index is 13.8. The molecule has 1 fully saturated rings. The number of aliphatic carboxylic acids is 1. The molecule has 43 heavy (non-hydrogen) atoms. The Morgan fingerprint density at radius 1 is 1.02 bits per heavy atom. The van der Waals surface area contributed by atoms with Crippen molar-refractivity contribution in [2.75, 3.05) is 24.3 Å². The van der Waals surface area contributed by atoms with Crippen molar-refractivity contribution in [1.82, 2.24) is 15.1 Å². The minimum atomic E-state index is -1.10. The molecule has 1 saturated heterocycles. The van der Waals surface area contributed by atoms with Gasteiger partial charge >= 0.3 is 18.0 Å². The van der Waals surface area contributed by atoms with Gasteiger partial charge in [0.05, 0.1) is 25.3 Å². The van der Waals surface area contributed by atoms with E-state index in [-0.39, 0.29) is 43.2 Å². The van der Waals surface area contributed by atoms with Gasteiger partial charge in [-0.3, -0.25) is 14.5 Å². The number of imide groups is 1. The standard InChI is InChI=1S/C31H43N5O6.ClH/c1-19(2)14-23(17-32-21(4)15-27(37)38)36-28(39)31(5,6)35(30(36)41)18-22-12-13-25(26(16-22)42-7)34-29(40)33-24-11-9-8-10-20(24)3;/h8-13,16,19,21,23,32H,14-15,17-18H2,1-7H3,(H,37,38)(H2,33,34,40);1H. The molecule has 0 saturated carbocycles. The van der Waals surface area contributed by atoms with Gasteiger partial charge in [0.1, 0.15) is 11.3 Å². The number of urea groups is 2. The second kappa shape index (κ2) is 15.1. The van der Waals surface area contributed by atoms with Gasteiger partial charge in [0, 0.05) is 24.8 Å². The molecule has 0 bridgehead atoms. The third-order valence-electron chi connectivity index (χ3n) is 7.39. The molecule has 11 nitrogen and oxygen atoms in total. The Bertz CT molecular complexity index is 1320. The molecular weight excluding hydrogens is 574 g/mol. The summed E-state index contributed by atoms with van der Waals surface area (Å²) in [6.07, 6.45) is 0.515. The summed E-state index contributed by atoms with van der Waals surface area (Å²) in [5.74, 6) is -0.602. The van der Waals surface area contributed by atoms with E-state index in [0.717, 1.165) is 11.1 Å². The van der Waals surface area contributed by atoms with Crippen molar-refractivity contribution in [2.45, 2.75) is 78.6 Å². The molecule has 2 aromatic rings. The summed E-state index contributed by atoms with van der Waals surface area (Å²) in [4.78, 5) is 54.0. The first-order chi connectivity index (χ1) is 19.7. The quantitative estimate of drug-likeness (QED) is 0.218. The lowest BCUT2D eigenvalue weighted by atomic mass is 9.99. The Labute approximate surface area is 259 Å². The van der Waals surface area contributed by atoms with E-state index in [1.807, 2.05) is 45.0 Å². The molecule has 1 aliphatic heterocycles. The third-order valence-corrected chi connectivity index (χ3v) is 7.39. The van der Waals surface area contributed by atoms with Crippen LogP contribution >= 0.6 is 12.4 Å². The number of ether oxygens (including phenoxy) is 1. The number of hydrogen-bond acceptors (Lipinski definition) is 6. The van der Waals surface area contributed by atoms with Crippen LogP contribution < -0.4 is 20.7 Å². The fourth-order valence-electron chi connectivity index (χ4n) is 5.06. The highest BCUT2D eigenvalue weighted by atomic mass is 35.5. The molecular formula is C31H44ClN5O6. The minimum absolute atomic E-state index is 0. The monoisotopic (exact) mass is 617 g/mol. The van der Waals surface area contributed by atoms with E-state index in [2.05, 4.69) is 16.0 Å². The van der Waals surface area contributed by atoms with Crippen LogP contribution in [0.15, 0.2) is 42.5 Å². The number of carbonyl (C=O) groups is 4. The molecule has 2 unspecified atom stereocenters. The number of benzene rings is 2. The number of anilines is 2. The molecule has 3 rings (SSSR count). The summed E-state index contributed by atoms with van der Waals surface area (Å²) < 4.78 is 5.54. The van der Waals surface area contributed by atoms with E-state index < -0.39 is 29.6 Å². The van der Waals surface area contributed by atoms with Crippen LogP contribution in [0, 0.1) is 12.8 Å². The van der Waals surface area contributed by atoms with Crippen molar-refractivity contribution in [3.05, 3.63) is 53.6 Å². The highest BCUT2D eigenvalue weighted by Crippen LogP contribution is 2.34. The normalized spacial score (nSPS) is 15.6. The van der Waals surface area contributed by atoms with Crippen LogP contribution in [-0.4, -0.2) is 70.1 Å². The Hall–Kier alpha value is -3.83. The van der Waals surface area contributed by atoms with Gasteiger partial charge in [-0.1, -0.05) is 38.1 Å². The molecule has 5 amide bonds. The molecule has 2 aromatic carbocycles. The molecule has 0 aliphatic carbocycles. The molecule has 1 aliphatic rings. The van der Waals surface area contributed by atoms with Crippen LogP contribution in [0.25, 0.3) is 0 Å². The van der Waals surface area contributed by atoms with Crippen molar-refractivity contribution in [1.29, 1.82) is 0 Å². The zero-order chi connectivity index (χ0) is 31.2. The Balaban J connectivity index is 0.00000645. The first kappa shape index (κ1) is 35.4. The number of carboxylic acid groups (broad SMARTS) is 1. The van der Waals surface area contributed by atoms with Crippen LogP contribution in [0.3, 0.4) is 0 Å². The van der Waals surface area contributed by atoms with Crippen LogP contribution in [0.2, 0.25) is 0 Å². The zero-order valence-electron chi connectivity index (χ0n) is 25.9. The fourth-order valence-corrected chi connectivity index (χ4v) is 5.06. The summed E-state index contributed by atoms with van der Waals surface area (Å²) in [6, 6.07) is 11.1. The molecule has 0 spiro atoms. The Morgan fingerprint density at radius 2 is 1.67 bits per heavy atom. The molecule has 0 aromatic heterocycles. The van der Waals surface area contributed by atoms with Gasteiger partial charge in [0.25, 0.3) is 5.91 Å². The largest absolute Gasteiger partial charge is 0.495 e. The first-order valence-electron chi connectivity index (χ1n) is 14.2. The van der Waals surface area contributed by atoms with Gasteiger partial charge in [-0.05, 0) is 69.4 Å². The number of nitrogens with one attached hydrogen (secondary N) is 3. The number of para-hydroxylation sites is 1. The van der Waals surface area contributed by atoms with E-state index in [9.17, 15) is 19.2 Å². The average molecular weight is 618 g/mol. The van der Waals surface area contributed by atoms with Crippen LogP contribution in [-0.2, 0) is 16.1 Å². The van der Waals surface area contributed by atoms with Crippen molar-refractivity contribution < 1.29 is 29.0 Å². The molecule has 2 atom stereocenters. The number of rotatable bonds is 13. The first-order valence-corrected chi connectivity index (χ1v) is 14.2. The number of hydrogen-bond donors (Lipinski definition) is 4. The van der Waals surface area contributed by atoms with Crippen molar-refractivity contribution in [2.24, 2.45) is 5.92 Å². The molecule has 0 radical (unpaired) electrons. The number of carbonyl (C=O) groups excluding carboxylic acids is 3. The lowest BCUT2D eigenvalue weighted by molar-refractivity contribution is -0.137. The van der Waals surface area contributed by atoms with Gasteiger partial charge in [0.2, 0.25) is 0 Å². The summed E-state index contributed by atoms with van der Waals surface area (Å²) in [6.45, 7) is 11.6. The number of methoxy groups -OCH3 is 1. The number of halogens is 1. The molecule has 1 heterocycles. The number of aryl methyl sites for hydroxylation is 1. The summed E-state index contributed by atoms with van der Waals surface area (Å²) in [5, 5.41) is 17.9. The van der Waals surface area contributed by atoms with Crippen LogP contribution in [0.1, 0.15) is 58.6 Å². The lowest BCUT2D eigenvalue weighted by Crippen LogP contribution is -2.49. The van der Waals surface area contributed by atoms with E-state index in [1.54, 1.807) is 39.0 Å². The van der Waals surface area contributed by atoms with Gasteiger partial charge in [-0.2, -0.15) is 0 Å². The molecule has 12 heteroatoms. The highest BCUT2D eigenvalue weighted by molar-refractivity contribution is 6.07. The van der Waals surface area contributed by atoms with Gasteiger partial charge in [-0.25, -0.2) is 9.59 Å². The van der Waals surface area contributed by atoms with Gasteiger partial charge in [-0.15, -0.1) is 12.4 Å². The SMILES string of the molecule is COc1cc(CN2C(=O)N(C(CNC(C)CC(=O)O)CC(C)C)C(=O)C2(C)C)ccc1NC(=O)Nc1ccccc1C.Cl. The average Bonchev–Trinajstić information content (AvgIpc) is 3.07. The maximum atomic E-state index is 13.8. The molecule has 4 N–H and O–H groups in total. The Morgan fingerprint density at radius 3 is 2.28 bits per heavy atom. The van der Waals surface area contributed by atoms with Crippen LogP contribution in [0.4, 0.5) is 21.0 Å². The number of carboxylic acids is 1. The highest BCUT2D eigenvalue weighted by Gasteiger charge is 2.53. The predicted octanol–water partition coefficient (Wildman–Crippen LogP) is 5.48. The topological polar surface area (TPSA) is 140 Å². The summed E-state index contributed by atoms with van der Waals surface area (Å²) in [5.41, 5.74) is 1.70. The minimum Gasteiger partial charge on any atom is -0.495 e. The van der Waals surface area contributed by atoms with Gasteiger partial charge in [0.15, 0.2) is 0 Å². The zero-order valence-corrected chi connectivity index (χ0v) is 26.7. The van der Waals surface area contributed by atoms with Crippen molar-refractivity contribution in [3.8, 4) is 5.75 Å². The van der Waals surface area contributed by atoms with Crippen molar-refractivity contribution >= 4 is 47.7 Å². The molecule has 236 valence electrons. The van der Waals surface area contributed by atoms with E-state index in [1.165, 1.54) is 16.9 Å². The fraction of sp³-hybridized carbons (Fsp3) is 0.484. The second-order valence-corrected chi connectivity index (χ2v) is 11.7. The maximum Gasteiger partial charge on any atom is 0.328 e. The number of nitrogens with zero attached hydrogens (tertiary/aromatic N) is 2. The summed E-state index contributed by atoms with van der Waals surface area (Å²) >= 11 is 0. The smallest absolute Gasteiger partial charge is 0.328 e. The van der Waals surface area contributed by atoms with E-state index in [4.69, 9.17) is 9.84 Å². The summed E-state index contributed by atoms with van der Waals surface area (Å²) in [7, 11) is 1.49. The van der Waals surface area contributed by atoms with Crippen molar-refractivity contribution in [3.63, 3.8) is 0 Å². The van der Waals surface area contributed by atoms with E-state index in [0.29, 0.717) is 30.1 Å².